The van der Waals surface area contributed by atoms with Gasteiger partial charge < -0.3 is 14.8 Å². The zero-order valence-corrected chi connectivity index (χ0v) is 16.4. The lowest BCUT2D eigenvalue weighted by atomic mass is 10.2. The molecule has 0 unspecified atom stereocenters. The van der Waals surface area contributed by atoms with E-state index in [1.54, 1.807) is 31.2 Å². The van der Waals surface area contributed by atoms with Crippen molar-refractivity contribution in [1.82, 2.24) is 4.72 Å². The van der Waals surface area contributed by atoms with Crippen LogP contribution in [0.15, 0.2) is 59.5 Å². The molecule has 2 atom stereocenters. The average molecular weight is 404 g/mol. The zero-order chi connectivity index (χ0) is 20.0. The molecule has 0 bridgehead atoms. The van der Waals surface area contributed by atoms with Crippen LogP contribution in [0.5, 0.6) is 5.75 Å². The molecule has 1 saturated heterocycles. The summed E-state index contributed by atoms with van der Waals surface area (Å²) in [6.45, 7) is 2.58. The molecule has 0 saturated carbocycles. The number of anilines is 1. The van der Waals surface area contributed by atoms with Crippen molar-refractivity contribution in [3.8, 4) is 5.75 Å². The summed E-state index contributed by atoms with van der Waals surface area (Å²) in [5, 5.41) is 2.72. The van der Waals surface area contributed by atoms with Crippen LogP contribution >= 0.6 is 0 Å². The predicted molar refractivity (Wildman–Crippen MR) is 106 cm³/mol. The molecule has 0 aliphatic carbocycles. The van der Waals surface area contributed by atoms with Gasteiger partial charge >= 0.3 is 0 Å². The fourth-order valence-corrected chi connectivity index (χ4v) is 3.88. The first-order valence-corrected chi connectivity index (χ1v) is 10.7. The molecule has 1 fully saturated rings. The topological polar surface area (TPSA) is 93.7 Å². The molecule has 2 aromatic carbocycles. The molecular weight excluding hydrogens is 380 g/mol. The first kappa shape index (κ1) is 20.3. The maximum atomic E-state index is 12.4. The second-order valence-electron chi connectivity index (χ2n) is 6.57. The highest BCUT2D eigenvalue weighted by molar-refractivity contribution is 7.89. The van der Waals surface area contributed by atoms with E-state index in [1.165, 1.54) is 12.1 Å². The third-order valence-corrected chi connectivity index (χ3v) is 5.82. The molecule has 1 aliphatic heterocycles. The van der Waals surface area contributed by atoms with Gasteiger partial charge in [0.05, 0.1) is 11.0 Å². The van der Waals surface area contributed by atoms with Crippen LogP contribution in [-0.2, 0) is 19.6 Å². The molecule has 28 heavy (non-hydrogen) atoms. The Balaban J connectivity index is 1.55. The summed E-state index contributed by atoms with van der Waals surface area (Å²) in [7, 11) is -3.62. The van der Waals surface area contributed by atoms with Gasteiger partial charge in [0.1, 0.15) is 5.75 Å². The minimum absolute atomic E-state index is 0.0700. The number of hydrogen-bond donors (Lipinski definition) is 2. The molecule has 1 aliphatic rings. The molecule has 1 amide bonds. The minimum Gasteiger partial charge on any atom is -0.481 e. The molecule has 1 heterocycles. The lowest BCUT2D eigenvalue weighted by molar-refractivity contribution is -0.122. The van der Waals surface area contributed by atoms with Gasteiger partial charge in [-0.05, 0) is 56.2 Å². The maximum Gasteiger partial charge on any atom is 0.265 e. The van der Waals surface area contributed by atoms with Crippen LogP contribution in [0.3, 0.4) is 0 Å². The van der Waals surface area contributed by atoms with Crippen LogP contribution in [0.25, 0.3) is 0 Å². The van der Waals surface area contributed by atoms with Gasteiger partial charge in [0, 0.05) is 18.8 Å². The Bertz CT molecular complexity index is 879. The van der Waals surface area contributed by atoms with Crippen molar-refractivity contribution in [3.63, 3.8) is 0 Å². The summed E-state index contributed by atoms with van der Waals surface area (Å²) in [5.74, 6) is 0.278. The average Bonchev–Trinajstić information content (AvgIpc) is 3.21. The molecule has 0 radical (unpaired) electrons. The van der Waals surface area contributed by atoms with Crippen LogP contribution in [-0.4, -0.2) is 39.7 Å². The number of nitrogens with one attached hydrogen (secondary N) is 2. The van der Waals surface area contributed by atoms with Crippen molar-refractivity contribution in [2.75, 3.05) is 18.5 Å². The Morgan fingerprint density at radius 3 is 2.54 bits per heavy atom. The van der Waals surface area contributed by atoms with Gasteiger partial charge in [-0.1, -0.05) is 18.2 Å². The van der Waals surface area contributed by atoms with Crippen LogP contribution < -0.4 is 14.8 Å². The monoisotopic (exact) mass is 404 g/mol. The Morgan fingerprint density at radius 1 is 1.18 bits per heavy atom. The molecule has 0 spiro atoms. The van der Waals surface area contributed by atoms with Gasteiger partial charge in [0.25, 0.3) is 5.91 Å². The van der Waals surface area contributed by atoms with E-state index in [9.17, 15) is 13.2 Å². The quantitative estimate of drug-likeness (QED) is 0.705. The third-order valence-electron chi connectivity index (χ3n) is 4.38. The number of sulfonamides is 1. The van der Waals surface area contributed by atoms with Crippen LogP contribution in [0, 0.1) is 0 Å². The van der Waals surface area contributed by atoms with Gasteiger partial charge in [-0.25, -0.2) is 13.1 Å². The molecule has 8 heteroatoms. The standard InChI is InChI=1S/C20H24N2O5S/c1-15(27-17-6-3-2-4-7-17)20(23)22-16-9-11-19(12-10-16)28(24,25)21-14-18-8-5-13-26-18/h2-4,6-7,9-12,15,18,21H,5,8,13-14H2,1H3,(H,22,23)/t15-,18-/m0/s1. The van der Waals surface area contributed by atoms with E-state index in [2.05, 4.69) is 10.0 Å². The number of para-hydroxylation sites is 1. The number of benzene rings is 2. The van der Waals surface area contributed by atoms with Crippen LogP contribution in [0.2, 0.25) is 0 Å². The molecule has 150 valence electrons. The fourth-order valence-electron chi connectivity index (χ4n) is 2.81. The van der Waals surface area contributed by atoms with E-state index in [-0.39, 0.29) is 23.5 Å². The number of rotatable bonds is 8. The van der Waals surface area contributed by atoms with E-state index in [1.807, 2.05) is 18.2 Å². The van der Waals surface area contributed by atoms with Gasteiger partial charge in [0.15, 0.2) is 6.10 Å². The summed E-state index contributed by atoms with van der Waals surface area (Å²) in [4.78, 5) is 12.4. The van der Waals surface area contributed by atoms with Crippen LogP contribution in [0.4, 0.5) is 5.69 Å². The number of ether oxygens (including phenoxy) is 2. The highest BCUT2D eigenvalue weighted by Gasteiger charge is 2.20. The lowest BCUT2D eigenvalue weighted by Crippen LogP contribution is -2.32. The molecule has 2 aromatic rings. The van der Waals surface area contributed by atoms with Crippen molar-refractivity contribution in [1.29, 1.82) is 0 Å². The predicted octanol–water partition coefficient (Wildman–Crippen LogP) is 2.55. The van der Waals surface area contributed by atoms with E-state index in [4.69, 9.17) is 9.47 Å². The summed E-state index contributed by atoms with van der Waals surface area (Å²) >= 11 is 0. The number of carbonyl (C=O) groups excluding carboxylic acids is 1. The highest BCUT2D eigenvalue weighted by atomic mass is 32.2. The van der Waals surface area contributed by atoms with Crippen molar-refractivity contribution in [3.05, 3.63) is 54.6 Å². The second kappa shape index (κ2) is 9.18. The normalized spacial score (nSPS) is 17.8. The Kier molecular flexibility index (Phi) is 6.66. The van der Waals surface area contributed by atoms with Gasteiger partial charge in [-0.15, -0.1) is 0 Å². The fraction of sp³-hybridized carbons (Fsp3) is 0.350. The van der Waals surface area contributed by atoms with E-state index < -0.39 is 16.1 Å². The molecule has 3 rings (SSSR count). The molecule has 0 aromatic heterocycles. The van der Waals surface area contributed by atoms with Crippen LogP contribution in [0.1, 0.15) is 19.8 Å². The van der Waals surface area contributed by atoms with Gasteiger partial charge in [-0.3, -0.25) is 4.79 Å². The Labute approximate surface area is 165 Å². The minimum atomic E-state index is -3.62. The largest absolute Gasteiger partial charge is 0.481 e. The summed E-state index contributed by atoms with van der Waals surface area (Å²) < 4.78 is 38.3. The van der Waals surface area contributed by atoms with E-state index >= 15 is 0 Å². The second-order valence-corrected chi connectivity index (χ2v) is 8.34. The van der Waals surface area contributed by atoms with Gasteiger partial charge in [-0.2, -0.15) is 0 Å². The van der Waals surface area contributed by atoms with Crippen molar-refractivity contribution in [2.45, 2.75) is 36.9 Å². The van der Waals surface area contributed by atoms with E-state index in [0.29, 0.717) is 18.0 Å². The Morgan fingerprint density at radius 2 is 1.89 bits per heavy atom. The first-order valence-electron chi connectivity index (χ1n) is 9.18. The SMILES string of the molecule is C[C@H](Oc1ccccc1)C(=O)Nc1ccc(S(=O)(=O)NC[C@@H]2CCCO2)cc1. The zero-order valence-electron chi connectivity index (χ0n) is 15.6. The third kappa shape index (κ3) is 5.54. The Hall–Kier alpha value is -2.42. The lowest BCUT2D eigenvalue weighted by Gasteiger charge is -2.15. The number of amides is 1. The van der Waals surface area contributed by atoms with Gasteiger partial charge in [0.2, 0.25) is 10.0 Å². The molecule has 2 N–H and O–H groups in total. The first-order chi connectivity index (χ1) is 13.4. The smallest absolute Gasteiger partial charge is 0.265 e. The number of carbonyl (C=O) groups is 1. The van der Waals surface area contributed by atoms with Crippen molar-refractivity contribution >= 4 is 21.6 Å². The summed E-state index contributed by atoms with van der Waals surface area (Å²) in [6, 6.07) is 15.1. The van der Waals surface area contributed by atoms with Crippen molar-refractivity contribution in [2.24, 2.45) is 0 Å². The molecular formula is C20H24N2O5S. The highest BCUT2D eigenvalue weighted by Crippen LogP contribution is 2.17. The van der Waals surface area contributed by atoms with E-state index in [0.717, 1.165) is 12.8 Å². The number of hydrogen-bond acceptors (Lipinski definition) is 5. The summed E-state index contributed by atoms with van der Waals surface area (Å²) in [5.41, 5.74) is 0.492. The molecule has 7 nitrogen and oxygen atoms in total. The van der Waals surface area contributed by atoms with Crippen molar-refractivity contribution < 1.29 is 22.7 Å². The summed E-state index contributed by atoms with van der Waals surface area (Å²) in [6.07, 6.45) is 1.04. The maximum absolute atomic E-state index is 12.4.